The van der Waals surface area contributed by atoms with Gasteiger partial charge in [-0.05, 0) is 31.5 Å². The lowest BCUT2D eigenvalue weighted by Crippen LogP contribution is -2.42. The molecule has 1 N–H and O–H groups in total. The van der Waals surface area contributed by atoms with Gasteiger partial charge in [-0.25, -0.2) is 4.39 Å². The second-order valence-corrected chi connectivity index (χ2v) is 7.35. The third kappa shape index (κ3) is 4.14. The molecule has 0 bridgehead atoms. The Balaban J connectivity index is 1.81. The number of aryl methyl sites for hydroxylation is 1. The first-order chi connectivity index (χ1) is 13.4. The standard InChI is InChI=1S/C21H19FN2O3S/c1-13-7-3-4-8-15(13)18(25)11-20-24(19(26)12-28-20)14(2)21(27)23-17-10-6-5-9-16(17)22/h3-11,14H,12H2,1-2H3,(H,23,27)/b20-11-/t14-/m0/s1. The molecule has 2 aromatic carbocycles. The highest BCUT2D eigenvalue weighted by atomic mass is 32.2. The summed E-state index contributed by atoms with van der Waals surface area (Å²) in [6.07, 6.45) is 1.38. The Morgan fingerprint density at radius 3 is 2.57 bits per heavy atom. The van der Waals surface area contributed by atoms with Gasteiger partial charge in [-0.1, -0.05) is 48.2 Å². The van der Waals surface area contributed by atoms with Gasteiger partial charge in [0.05, 0.1) is 16.5 Å². The number of thioether (sulfide) groups is 1. The molecular weight excluding hydrogens is 379 g/mol. The average molecular weight is 398 g/mol. The van der Waals surface area contributed by atoms with Crippen molar-refractivity contribution in [3.05, 3.63) is 76.6 Å². The monoisotopic (exact) mass is 398 g/mol. The number of para-hydroxylation sites is 1. The maximum Gasteiger partial charge on any atom is 0.247 e. The molecule has 0 saturated carbocycles. The summed E-state index contributed by atoms with van der Waals surface area (Å²) in [7, 11) is 0. The first kappa shape index (κ1) is 19.8. The summed E-state index contributed by atoms with van der Waals surface area (Å²) in [6.45, 7) is 3.38. The molecule has 0 aliphatic carbocycles. The molecule has 144 valence electrons. The molecule has 1 aliphatic heterocycles. The number of nitrogens with zero attached hydrogens (tertiary/aromatic N) is 1. The lowest BCUT2D eigenvalue weighted by Gasteiger charge is -2.24. The molecule has 1 saturated heterocycles. The summed E-state index contributed by atoms with van der Waals surface area (Å²) >= 11 is 1.21. The number of carbonyl (C=O) groups is 3. The van der Waals surface area contributed by atoms with E-state index in [0.29, 0.717) is 10.6 Å². The summed E-state index contributed by atoms with van der Waals surface area (Å²) in [6, 6.07) is 12.1. The number of hydrogen-bond donors (Lipinski definition) is 1. The van der Waals surface area contributed by atoms with Crippen LogP contribution in [0, 0.1) is 12.7 Å². The molecule has 2 aromatic rings. The number of carbonyl (C=O) groups excluding carboxylic acids is 3. The highest BCUT2D eigenvalue weighted by Gasteiger charge is 2.35. The maximum absolute atomic E-state index is 13.8. The van der Waals surface area contributed by atoms with Crippen LogP contribution in [0.25, 0.3) is 0 Å². The Morgan fingerprint density at radius 2 is 1.86 bits per heavy atom. The van der Waals surface area contributed by atoms with Gasteiger partial charge in [0.15, 0.2) is 5.78 Å². The molecule has 0 unspecified atom stereocenters. The molecule has 0 spiro atoms. The summed E-state index contributed by atoms with van der Waals surface area (Å²) < 4.78 is 13.8. The molecule has 1 aliphatic rings. The minimum atomic E-state index is -0.891. The van der Waals surface area contributed by atoms with Crippen molar-refractivity contribution in [2.75, 3.05) is 11.1 Å². The summed E-state index contributed by atoms with van der Waals surface area (Å²) in [5.41, 5.74) is 1.41. The third-order valence-corrected chi connectivity index (χ3v) is 5.41. The number of anilines is 1. The number of halogens is 1. The molecule has 0 radical (unpaired) electrons. The number of benzene rings is 2. The number of ketones is 1. The zero-order chi connectivity index (χ0) is 20.3. The molecule has 1 heterocycles. The van der Waals surface area contributed by atoms with Crippen LogP contribution in [0.1, 0.15) is 22.8 Å². The maximum atomic E-state index is 13.8. The Hall–Kier alpha value is -2.93. The molecular formula is C21H19FN2O3S. The predicted molar refractivity (Wildman–Crippen MR) is 107 cm³/mol. The second kappa shape index (κ2) is 8.39. The van der Waals surface area contributed by atoms with Crippen molar-refractivity contribution >= 4 is 35.0 Å². The molecule has 7 heteroatoms. The van der Waals surface area contributed by atoms with Crippen LogP contribution in [-0.2, 0) is 9.59 Å². The van der Waals surface area contributed by atoms with Crippen LogP contribution in [0.5, 0.6) is 0 Å². The molecule has 2 amide bonds. The second-order valence-electron chi connectivity index (χ2n) is 6.36. The lowest BCUT2D eigenvalue weighted by molar-refractivity contribution is -0.132. The first-order valence-corrected chi connectivity index (χ1v) is 9.69. The normalized spacial score (nSPS) is 16.3. The Bertz CT molecular complexity index is 974. The van der Waals surface area contributed by atoms with Gasteiger partial charge in [0, 0.05) is 11.6 Å². The highest BCUT2D eigenvalue weighted by molar-refractivity contribution is 8.04. The number of amides is 2. The van der Waals surface area contributed by atoms with Gasteiger partial charge in [0.25, 0.3) is 0 Å². The van der Waals surface area contributed by atoms with Crippen LogP contribution in [0.2, 0.25) is 0 Å². The van der Waals surface area contributed by atoms with Gasteiger partial charge in [-0.3, -0.25) is 19.3 Å². The van der Waals surface area contributed by atoms with Crippen molar-refractivity contribution in [2.45, 2.75) is 19.9 Å². The SMILES string of the molecule is Cc1ccccc1C(=O)/C=C1\SCC(=O)N1[C@@H](C)C(=O)Nc1ccccc1F. The molecule has 3 rings (SSSR count). The van der Waals surface area contributed by atoms with Crippen LogP contribution in [-0.4, -0.2) is 34.3 Å². The van der Waals surface area contributed by atoms with E-state index in [0.717, 1.165) is 5.56 Å². The molecule has 1 atom stereocenters. The average Bonchev–Trinajstić information content (AvgIpc) is 3.03. The van der Waals surface area contributed by atoms with Crippen molar-refractivity contribution in [2.24, 2.45) is 0 Å². The number of rotatable bonds is 5. The molecule has 28 heavy (non-hydrogen) atoms. The van der Waals surface area contributed by atoms with Gasteiger partial charge < -0.3 is 5.32 Å². The van der Waals surface area contributed by atoms with Crippen LogP contribution in [0.4, 0.5) is 10.1 Å². The van der Waals surface area contributed by atoms with Gasteiger partial charge in [-0.2, -0.15) is 0 Å². The predicted octanol–water partition coefficient (Wildman–Crippen LogP) is 3.76. The lowest BCUT2D eigenvalue weighted by atomic mass is 10.0. The van der Waals surface area contributed by atoms with Gasteiger partial charge in [0.1, 0.15) is 11.9 Å². The van der Waals surface area contributed by atoms with E-state index in [1.807, 2.05) is 19.1 Å². The summed E-state index contributed by atoms with van der Waals surface area (Å²) in [4.78, 5) is 38.8. The fraction of sp³-hybridized carbons (Fsp3) is 0.190. The third-order valence-electron chi connectivity index (χ3n) is 4.41. The van der Waals surface area contributed by atoms with E-state index in [2.05, 4.69) is 5.32 Å². The van der Waals surface area contributed by atoms with E-state index in [1.165, 1.54) is 40.9 Å². The fourth-order valence-electron chi connectivity index (χ4n) is 2.87. The molecule has 1 fully saturated rings. The topological polar surface area (TPSA) is 66.5 Å². The number of nitrogens with one attached hydrogen (secondary N) is 1. The molecule has 5 nitrogen and oxygen atoms in total. The quantitative estimate of drug-likeness (QED) is 0.615. The number of allylic oxidation sites excluding steroid dienone is 1. The minimum Gasteiger partial charge on any atom is -0.322 e. The van der Waals surface area contributed by atoms with E-state index in [1.54, 1.807) is 25.1 Å². The molecule has 0 aromatic heterocycles. The largest absolute Gasteiger partial charge is 0.322 e. The Kier molecular flexibility index (Phi) is 5.94. The summed E-state index contributed by atoms with van der Waals surface area (Å²) in [5, 5.41) is 2.90. The van der Waals surface area contributed by atoms with Crippen LogP contribution in [0.3, 0.4) is 0 Å². The number of hydrogen-bond acceptors (Lipinski definition) is 4. The van der Waals surface area contributed by atoms with Gasteiger partial charge in [-0.15, -0.1) is 0 Å². The van der Waals surface area contributed by atoms with Gasteiger partial charge in [0.2, 0.25) is 11.8 Å². The Morgan fingerprint density at radius 1 is 1.18 bits per heavy atom. The smallest absolute Gasteiger partial charge is 0.247 e. The zero-order valence-electron chi connectivity index (χ0n) is 15.4. The van der Waals surface area contributed by atoms with Crippen molar-refractivity contribution < 1.29 is 18.8 Å². The van der Waals surface area contributed by atoms with E-state index in [4.69, 9.17) is 0 Å². The minimum absolute atomic E-state index is 0.0418. The summed E-state index contributed by atoms with van der Waals surface area (Å²) in [5.74, 6) is -1.46. The Labute approximate surface area is 166 Å². The van der Waals surface area contributed by atoms with E-state index < -0.39 is 17.8 Å². The first-order valence-electron chi connectivity index (χ1n) is 8.70. The van der Waals surface area contributed by atoms with E-state index >= 15 is 0 Å². The van der Waals surface area contributed by atoms with Crippen molar-refractivity contribution in [1.82, 2.24) is 4.90 Å². The van der Waals surface area contributed by atoms with Gasteiger partial charge >= 0.3 is 0 Å². The van der Waals surface area contributed by atoms with Crippen LogP contribution in [0.15, 0.2) is 59.6 Å². The van der Waals surface area contributed by atoms with Crippen molar-refractivity contribution in [3.63, 3.8) is 0 Å². The van der Waals surface area contributed by atoms with E-state index in [9.17, 15) is 18.8 Å². The fourth-order valence-corrected chi connectivity index (χ4v) is 3.87. The van der Waals surface area contributed by atoms with Crippen LogP contribution < -0.4 is 5.32 Å². The zero-order valence-corrected chi connectivity index (χ0v) is 16.3. The van der Waals surface area contributed by atoms with E-state index in [-0.39, 0.29) is 23.1 Å². The van der Waals surface area contributed by atoms with Crippen molar-refractivity contribution in [1.29, 1.82) is 0 Å². The van der Waals surface area contributed by atoms with Crippen molar-refractivity contribution in [3.8, 4) is 0 Å². The van der Waals surface area contributed by atoms with Crippen LogP contribution >= 0.6 is 11.8 Å². The highest BCUT2D eigenvalue weighted by Crippen LogP contribution is 2.32.